The smallest absolute Gasteiger partial charge is 0.276 e. The van der Waals surface area contributed by atoms with Crippen molar-refractivity contribution in [2.75, 3.05) is 11.9 Å². The fraction of sp³-hybridized carbons (Fsp3) is 0.125. The molecule has 0 aliphatic rings. The molecule has 1 aromatic carbocycles. The second kappa shape index (κ2) is 3.45. The molecule has 0 heterocycles. The minimum absolute atomic E-state index is 0.393. The summed E-state index contributed by atoms with van der Waals surface area (Å²) in [5, 5.41) is 10.8. The van der Waals surface area contributed by atoms with E-state index in [0.717, 1.165) is 4.90 Å². The van der Waals surface area contributed by atoms with Crippen LogP contribution in [0.2, 0.25) is 5.02 Å². The van der Waals surface area contributed by atoms with E-state index in [0.29, 0.717) is 10.7 Å². The number of nitrogens with zero attached hydrogens (tertiary/aromatic N) is 1. The van der Waals surface area contributed by atoms with Crippen molar-refractivity contribution in [2.45, 2.75) is 0 Å². The van der Waals surface area contributed by atoms with E-state index >= 15 is 0 Å². The second-order valence-corrected chi connectivity index (χ2v) is 2.68. The number of halogens is 1. The van der Waals surface area contributed by atoms with E-state index < -0.39 is 6.09 Å². The van der Waals surface area contributed by atoms with Crippen LogP contribution in [0.3, 0.4) is 0 Å². The van der Waals surface area contributed by atoms with Gasteiger partial charge in [-0.05, 0) is 12.1 Å². The van der Waals surface area contributed by atoms with Crippen molar-refractivity contribution in [3.63, 3.8) is 0 Å². The van der Waals surface area contributed by atoms with Gasteiger partial charge in [0.05, 0.1) is 10.7 Å². The van der Waals surface area contributed by atoms with Gasteiger partial charge < -0.3 is 0 Å². The van der Waals surface area contributed by atoms with Crippen LogP contribution in [0.15, 0.2) is 24.3 Å². The predicted molar refractivity (Wildman–Crippen MR) is 45.9 cm³/mol. The van der Waals surface area contributed by atoms with Crippen LogP contribution in [0.1, 0.15) is 0 Å². The molecular formula is C8H7ClNO2. The predicted octanol–water partition coefficient (Wildman–Crippen LogP) is 2.33. The molecule has 1 aromatic rings. The van der Waals surface area contributed by atoms with E-state index in [9.17, 15) is 9.90 Å². The minimum atomic E-state index is -1.27. The van der Waals surface area contributed by atoms with Gasteiger partial charge in [0.2, 0.25) is 0 Å². The van der Waals surface area contributed by atoms with Gasteiger partial charge in [0, 0.05) is 7.05 Å². The summed E-state index contributed by atoms with van der Waals surface area (Å²) in [7, 11) is 1.39. The molecule has 4 heteroatoms. The van der Waals surface area contributed by atoms with Gasteiger partial charge in [0.1, 0.15) is 0 Å². The topological polar surface area (TPSA) is 40.2 Å². The number of hydrogen-bond acceptors (Lipinski definition) is 1. The number of para-hydroxylation sites is 1. The summed E-state index contributed by atoms with van der Waals surface area (Å²) in [6, 6.07) is 6.67. The zero-order chi connectivity index (χ0) is 9.14. The van der Waals surface area contributed by atoms with Crippen LogP contribution in [0.5, 0.6) is 0 Å². The van der Waals surface area contributed by atoms with Crippen molar-refractivity contribution in [2.24, 2.45) is 0 Å². The van der Waals surface area contributed by atoms with Crippen molar-refractivity contribution in [3.8, 4) is 0 Å². The molecule has 1 radical (unpaired) electrons. The lowest BCUT2D eigenvalue weighted by atomic mass is 10.3. The molecule has 12 heavy (non-hydrogen) atoms. The van der Waals surface area contributed by atoms with Crippen LogP contribution in [-0.4, -0.2) is 13.1 Å². The Balaban J connectivity index is 3.02. The Morgan fingerprint density at radius 2 is 2.00 bits per heavy atom. The first-order valence-corrected chi connectivity index (χ1v) is 3.70. The lowest BCUT2D eigenvalue weighted by molar-refractivity contribution is 0.178. The first-order chi connectivity index (χ1) is 5.63. The highest BCUT2D eigenvalue weighted by atomic mass is 35.5. The highest BCUT2D eigenvalue weighted by Gasteiger charge is 2.12. The summed E-state index contributed by atoms with van der Waals surface area (Å²) in [5.74, 6) is 0. The minimum Gasteiger partial charge on any atom is -0.276 e. The SMILES string of the molecule is CN(C([O])=O)c1ccccc1Cl. The molecule has 63 valence electrons. The Bertz CT molecular complexity index is 301. The number of benzene rings is 1. The average molecular weight is 185 g/mol. The number of amides is 1. The second-order valence-electron chi connectivity index (χ2n) is 2.28. The molecule has 0 bridgehead atoms. The van der Waals surface area contributed by atoms with Crippen LogP contribution in [0.25, 0.3) is 0 Å². The van der Waals surface area contributed by atoms with Crippen molar-refractivity contribution in [1.29, 1.82) is 0 Å². The van der Waals surface area contributed by atoms with Crippen LogP contribution in [-0.2, 0) is 5.11 Å². The first kappa shape index (κ1) is 8.87. The quantitative estimate of drug-likeness (QED) is 0.660. The number of rotatable bonds is 1. The molecule has 0 fully saturated rings. The van der Waals surface area contributed by atoms with Gasteiger partial charge in [-0.15, -0.1) is 0 Å². The molecule has 0 aliphatic heterocycles. The summed E-state index contributed by atoms with van der Waals surface area (Å²) < 4.78 is 0. The van der Waals surface area contributed by atoms with Gasteiger partial charge in [-0.2, -0.15) is 0 Å². The van der Waals surface area contributed by atoms with Crippen molar-refractivity contribution in [3.05, 3.63) is 29.3 Å². The summed E-state index contributed by atoms with van der Waals surface area (Å²) in [4.78, 5) is 11.4. The van der Waals surface area contributed by atoms with Gasteiger partial charge in [-0.25, -0.2) is 9.90 Å². The lowest BCUT2D eigenvalue weighted by Gasteiger charge is -2.12. The van der Waals surface area contributed by atoms with Crippen LogP contribution >= 0.6 is 11.6 Å². The van der Waals surface area contributed by atoms with Crippen molar-refractivity contribution >= 4 is 23.4 Å². The fourth-order valence-corrected chi connectivity index (χ4v) is 1.08. The molecular weight excluding hydrogens is 178 g/mol. The monoisotopic (exact) mass is 184 g/mol. The molecule has 0 saturated carbocycles. The van der Waals surface area contributed by atoms with E-state index in [-0.39, 0.29) is 0 Å². The Kier molecular flexibility index (Phi) is 2.55. The maximum Gasteiger partial charge on any atom is 0.457 e. The number of anilines is 1. The van der Waals surface area contributed by atoms with E-state index in [1.807, 2.05) is 0 Å². The third kappa shape index (κ3) is 1.68. The van der Waals surface area contributed by atoms with E-state index in [1.54, 1.807) is 24.3 Å². The van der Waals surface area contributed by atoms with Gasteiger partial charge >= 0.3 is 6.09 Å². The van der Waals surface area contributed by atoms with Crippen molar-refractivity contribution < 1.29 is 9.90 Å². The normalized spacial score (nSPS) is 9.50. The van der Waals surface area contributed by atoms with E-state index in [2.05, 4.69) is 0 Å². The number of hydrogen-bond donors (Lipinski definition) is 0. The molecule has 0 aromatic heterocycles. The largest absolute Gasteiger partial charge is 0.457 e. The Hall–Kier alpha value is -1.22. The third-order valence-corrected chi connectivity index (χ3v) is 1.81. The Labute approximate surface area is 75.2 Å². The van der Waals surface area contributed by atoms with Crippen LogP contribution < -0.4 is 4.90 Å². The Morgan fingerprint density at radius 3 is 2.50 bits per heavy atom. The van der Waals surface area contributed by atoms with E-state index in [4.69, 9.17) is 11.6 Å². The number of carbonyl (C=O) groups is 1. The molecule has 0 aliphatic carbocycles. The third-order valence-electron chi connectivity index (χ3n) is 1.49. The maximum atomic E-state index is 10.4. The maximum absolute atomic E-state index is 10.4. The van der Waals surface area contributed by atoms with Gasteiger partial charge in [0.15, 0.2) is 0 Å². The zero-order valence-electron chi connectivity index (χ0n) is 6.45. The molecule has 0 N–H and O–H groups in total. The van der Waals surface area contributed by atoms with Gasteiger partial charge in [0.25, 0.3) is 0 Å². The number of carbonyl (C=O) groups excluding carboxylic acids is 1. The van der Waals surface area contributed by atoms with Crippen molar-refractivity contribution in [1.82, 2.24) is 0 Å². The summed E-state index contributed by atoms with van der Waals surface area (Å²) in [6.45, 7) is 0. The lowest BCUT2D eigenvalue weighted by Crippen LogP contribution is -2.22. The average Bonchev–Trinajstić information content (AvgIpc) is 2.04. The molecule has 1 amide bonds. The molecule has 0 spiro atoms. The summed E-state index contributed by atoms with van der Waals surface area (Å²) >= 11 is 5.73. The highest BCUT2D eigenvalue weighted by Crippen LogP contribution is 2.23. The van der Waals surface area contributed by atoms with Gasteiger partial charge in [-0.1, -0.05) is 23.7 Å². The molecule has 0 saturated heterocycles. The Morgan fingerprint density at radius 1 is 1.42 bits per heavy atom. The molecule has 0 atom stereocenters. The molecule has 1 rings (SSSR count). The standard InChI is InChI=1S/C8H7ClNO2/c1-10(8(11)12)7-5-3-2-4-6(7)9/h2-5H,1H3. The van der Waals surface area contributed by atoms with E-state index in [1.165, 1.54) is 7.05 Å². The molecule has 3 nitrogen and oxygen atoms in total. The highest BCUT2D eigenvalue weighted by molar-refractivity contribution is 6.33. The summed E-state index contributed by atoms with van der Waals surface area (Å²) in [6.07, 6.45) is -1.27. The van der Waals surface area contributed by atoms with Crippen LogP contribution in [0, 0.1) is 0 Å². The van der Waals surface area contributed by atoms with Gasteiger partial charge in [-0.3, -0.25) is 4.90 Å². The van der Waals surface area contributed by atoms with Crippen LogP contribution in [0.4, 0.5) is 10.5 Å². The fourth-order valence-electron chi connectivity index (χ4n) is 0.822. The summed E-state index contributed by atoms with van der Waals surface area (Å²) in [5.41, 5.74) is 0.430. The molecule has 0 unspecified atom stereocenters. The first-order valence-electron chi connectivity index (χ1n) is 3.32. The zero-order valence-corrected chi connectivity index (χ0v) is 7.21.